The first-order chi connectivity index (χ1) is 9.58. The molecule has 0 aromatic carbocycles. The van der Waals surface area contributed by atoms with E-state index in [9.17, 15) is 8.78 Å². The first-order valence-electron chi connectivity index (χ1n) is 6.52. The van der Waals surface area contributed by atoms with Gasteiger partial charge in [0.25, 0.3) is 5.76 Å². The van der Waals surface area contributed by atoms with E-state index in [0.29, 0.717) is 37.2 Å². The minimum absolute atomic E-state index is 0.00233. The number of rotatable bonds is 6. The van der Waals surface area contributed by atoms with E-state index in [2.05, 4.69) is 4.90 Å². The number of aliphatic hydroxyl groups is 1. The quantitative estimate of drug-likeness (QED) is 0.874. The van der Waals surface area contributed by atoms with Gasteiger partial charge in [0.05, 0.1) is 31.6 Å². The molecule has 0 bridgehead atoms. The SMILES string of the molecule is C[C@H]1CO[C@@H](CO)CN1Cc1ccc(CSC(F)F)o1. The maximum Gasteiger partial charge on any atom is 0.284 e. The standard InChI is InChI=1S/C13H19F2NO3S/c1-9-7-18-12(6-17)5-16(9)4-10-2-3-11(19-10)8-20-13(14)15/h2-3,9,12-13,17H,4-8H2,1H3/t9-,12+/m0/s1. The normalized spacial score (nSPS) is 24.4. The summed E-state index contributed by atoms with van der Waals surface area (Å²) in [5, 5.41) is 9.14. The van der Waals surface area contributed by atoms with Gasteiger partial charge in [-0.05, 0) is 19.1 Å². The molecule has 20 heavy (non-hydrogen) atoms. The first-order valence-corrected chi connectivity index (χ1v) is 7.57. The molecule has 0 amide bonds. The highest BCUT2D eigenvalue weighted by Gasteiger charge is 2.26. The van der Waals surface area contributed by atoms with Crippen molar-refractivity contribution in [1.82, 2.24) is 4.90 Å². The van der Waals surface area contributed by atoms with Crippen LogP contribution in [0.1, 0.15) is 18.4 Å². The third-order valence-electron chi connectivity index (χ3n) is 3.27. The summed E-state index contributed by atoms with van der Waals surface area (Å²) in [7, 11) is 0. The average Bonchev–Trinajstić information content (AvgIpc) is 2.86. The van der Waals surface area contributed by atoms with Gasteiger partial charge in [-0.1, -0.05) is 11.8 Å². The number of hydrogen-bond acceptors (Lipinski definition) is 5. The van der Waals surface area contributed by atoms with Crippen LogP contribution in [0, 0.1) is 0 Å². The van der Waals surface area contributed by atoms with Gasteiger partial charge in [-0.25, -0.2) is 0 Å². The Bertz CT molecular complexity index is 416. The molecule has 0 saturated carbocycles. The van der Waals surface area contributed by atoms with Crippen molar-refractivity contribution in [1.29, 1.82) is 0 Å². The number of nitrogens with zero attached hydrogens (tertiary/aromatic N) is 1. The Morgan fingerprint density at radius 1 is 1.45 bits per heavy atom. The maximum atomic E-state index is 12.1. The van der Waals surface area contributed by atoms with Gasteiger partial charge in [0.2, 0.25) is 0 Å². The van der Waals surface area contributed by atoms with Crippen LogP contribution < -0.4 is 0 Å². The molecule has 0 unspecified atom stereocenters. The lowest BCUT2D eigenvalue weighted by atomic mass is 10.2. The summed E-state index contributed by atoms with van der Waals surface area (Å²) in [5.41, 5.74) is 0. The van der Waals surface area contributed by atoms with Crippen LogP contribution in [-0.2, 0) is 17.0 Å². The second kappa shape index (κ2) is 7.40. The molecule has 7 heteroatoms. The second-order valence-corrected chi connectivity index (χ2v) is 5.83. The van der Waals surface area contributed by atoms with Crippen LogP contribution in [-0.4, -0.2) is 47.7 Å². The van der Waals surface area contributed by atoms with Crippen LogP contribution in [0.4, 0.5) is 8.78 Å². The third kappa shape index (κ3) is 4.44. The Hall–Kier alpha value is -0.630. The summed E-state index contributed by atoms with van der Waals surface area (Å²) < 4.78 is 35.2. The highest BCUT2D eigenvalue weighted by Crippen LogP contribution is 2.22. The van der Waals surface area contributed by atoms with E-state index in [0.717, 1.165) is 5.76 Å². The lowest BCUT2D eigenvalue weighted by Crippen LogP contribution is -2.48. The van der Waals surface area contributed by atoms with Gasteiger partial charge < -0.3 is 14.3 Å². The van der Waals surface area contributed by atoms with E-state index < -0.39 is 5.76 Å². The number of aliphatic hydroxyl groups excluding tert-OH is 1. The molecule has 2 rings (SSSR count). The number of thioether (sulfide) groups is 1. The van der Waals surface area contributed by atoms with Gasteiger partial charge in [0.1, 0.15) is 11.5 Å². The molecule has 2 atom stereocenters. The Balaban J connectivity index is 1.88. The van der Waals surface area contributed by atoms with E-state index in [1.807, 2.05) is 13.0 Å². The van der Waals surface area contributed by atoms with E-state index >= 15 is 0 Å². The molecule has 2 heterocycles. The highest BCUT2D eigenvalue weighted by molar-refractivity contribution is 7.98. The monoisotopic (exact) mass is 307 g/mol. The zero-order chi connectivity index (χ0) is 14.5. The fourth-order valence-corrected chi connectivity index (χ4v) is 2.58. The molecule has 0 spiro atoms. The van der Waals surface area contributed by atoms with Gasteiger partial charge in [-0.3, -0.25) is 4.90 Å². The van der Waals surface area contributed by atoms with E-state index in [4.69, 9.17) is 14.3 Å². The molecule has 0 radical (unpaired) electrons. The molecule has 1 aliphatic rings. The topological polar surface area (TPSA) is 45.8 Å². The number of hydrogen-bond donors (Lipinski definition) is 1. The van der Waals surface area contributed by atoms with E-state index in [-0.39, 0.29) is 24.5 Å². The van der Waals surface area contributed by atoms with Crippen molar-refractivity contribution < 1.29 is 23.0 Å². The van der Waals surface area contributed by atoms with Crippen LogP contribution in [0.3, 0.4) is 0 Å². The lowest BCUT2D eigenvalue weighted by molar-refractivity contribution is -0.0820. The Morgan fingerprint density at radius 3 is 2.90 bits per heavy atom. The fraction of sp³-hybridized carbons (Fsp3) is 0.692. The van der Waals surface area contributed by atoms with Crippen LogP contribution in [0.25, 0.3) is 0 Å². The molecule has 4 nitrogen and oxygen atoms in total. The smallest absolute Gasteiger partial charge is 0.284 e. The molecule has 1 aliphatic heterocycles. The largest absolute Gasteiger partial charge is 0.464 e. The van der Waals surface area contributed by atoms with Crippen molar-refractivity contribution >= 4 is 11.8 Å². The minimum atomic E-state index is -2.38. The summed E-state index contributed by atoms with van der Waals surface area (Å²) in [6.45, 7) is 3.85. The Labute approximate surface area is 121 Å². The zero-order valence-corrected chi connectivity index (χ0v) is 12.1. The first kappa shape index (κ1) is 15.8. The predicted octanol–water partition coefficient (Wildman–Crippen LogP) is 2.32. The number of alkyl halides is 2. The van der Waals surface area contributed by atoms with Gasteiger partial charge >= 0.3 is 0 Å². The molecular formula is C13H19F2NO3S. The third-order valence-corrected chi connectivity index (χ3v) is 3.97. The van der Waals surface area contributed by atoms with Gasteiger partial charge in [-0.2, -0.15) is 8.78 Å². The fourth-order valence-electron chi connectivity index (χ4n) is 2.14. The lowest BCUT2D eigenvalue weighted by Gasteiger charge is -2.36. The van der Waals surface area contributed by atoms with Crippen LogP contribution in [0.5, 0.6) is 0 Å². The summed E-state index contributed by atoms with van der Waals surface area (Å²) in [5.74, 6) is -0.895. The van der Waals surface area contributed by atoms with Crippen molar-refractivity contribution in [3.05, 3.63) is 23.7 Å². The zero-order valence-electron chi connectivity index (χ0n) is 11.3. The van der Waals surface area contributed by atoms with Gasteiger partial charge in [0, 0.05) is 12.6 Å². The maximum absolute atomic E-state index is 12.1. The molecule has 1 N–H and O–H groups in total. The summed E-state index contributed by atoms with van der Waals surface area (Å²) in [4.78, 5) is 2.16. The molecule has 1 aromatic rings. The Kier molecular flexibility index (Phi) is 5.83. The van der Waals surface area contributed by atoms with Gasteiger partial charge in [-0.15, -0.1) is 0 Å². The minimum Gasteiger partial charge on any atom is -0.464 e. The Morgan fingerprint density at radius 2 is 2.20 bits per heavy atom. The van der Waals surface area contributed by atoms with Crippen LogP contribution in [0.2, 0.25) is 0 Å². The van der Waals surface area contributed by atoms with Crippen molar-refractivity contribution in [3.8, 4) is 0 Å². The highest BCUT2D eigenvalue weighted by atomic mass is 32.2. The second-order valence-electron chi connectivity index (χ2n) is 4.86. The summed E-state index contributed by atoms with van der Waals surface area (Å²) in [6, 6.07) is 3.79. The molecule has 1 saturated heterocycles. The van der Waals surface area contributed by atoms with Gasteiger partial charge in [0.15, 0.2) is 0 Å². The van der Waals surface area contributed by atoms with Crippen LogP contribution in [0.15, 0.2) is 16.5 Å². The number of morpholine rings is 1. The predicted molar refractivity (Wildman–Crippen MR) is 72.7 cm³/mol. The molecule has 1 fully saturated rings. The summed E-state index contributed by atoms with van der Waals surface area (Å²) in [6.07, 6.45) is -0.171. The van der Waals surface area contributed by atoms with E-state index in [1.54, 1.807) is 6.07 Å². The van der Waals surface area contributed by atoms with Crippen molar-refractivity contribution in [2.24, 2.45) is 0 Å². The van der Waals surface area contributed by atoms with Crippen molar-refractivity contribution in [3.63, 3.8) is 0 Å². The number of halogens is 2. The molecule has 114 valence electrons. The van der Waals surface area contributed by atoms with E-state index in [1.165, 1.54) is 0 Å². The average molecular weight is 307 g/mol. The molecule has 0 aliphatic carbocycles. The summed E-state index contributed by atoms with van der Waals surface area (Å²) >= 11 is 0.555. The van der Waals surface area contributed by atoms with Crippen molar-refractivity contribution in [2.45, 2.75) is 37.1 Å². The molecular weight excluding hydrogens is 288 g/mol. The van der Waals surface area contributed by atoms with Crippen LogP contribution >= 0.6 is 11.8 Å². The molecule has 1 aromatic heterocycles. The number of ether oxygens (including phenoxy) is 1. The number of furan rings is 1. The van der Waals surface area contributed by atoms with Crippen molar-refractivity contribution in [2.75, 3.05) is 19.8 Å².